The first kappa shape index (κ1) is 26.3. The first-order chi connectivity index (χ1) is 17.6. The Labute approximate surface area is 226 Å². The molecule has 5 rings (SSSR count). The molecule has 4 heterocycles. The van der Waals surface area contributed by atoms with E-state index >= 15 is 0 Å². The van der Waals surface area contributed by atoms with Crippen molar-refractivity contribution < 1.29 is 24.2 Å². The van der Waals surface area contributed by atoms with Crippen LogP contribution in [0.3, 0.4) is 0 Å². The molecule has 1 N–H and O–H groups in total. The molecule has 37 heavy (non-hydrogen) atoms. The van der Waals surface area contributed by atoms with Crippen LogP contribution in [0, 0.1) is 17.8 Å². The van der Waals surface area contributed by atoms with Crippen molar-refractivity contribution >= 4 is 46.8 Å². The third-order valence-corrected chi connectivity index (χ3v) is 10.1. The van der Waals surface area contributed by atoms with Crippen molar-refractivity contribution in [1.82, 2.24) is 4.90 Å². The molecule has 1 spiro atoms. The van der Waals surface area contributed by atoms with Gasteiger partial charge in [0.2, 0.25) is 5.91 Å². The van der Waals surface area contributed by atoms with E-state index in [0.29, 0.717) is 23.6 Å². The number of carbonyl (C=O) groups excluding carboxylic acids is 3. The topological polar surface area (TPSA) is 87.2 Å². The summed E-state index contributed by atoms with van der Waals surface area (Å²) in [6, 6.07) is 5.68. The lowest BCUT2D eigenvalue weighted by Gasteiger charge is -2.40. The van der Waals surface area contributed by atoms with Gasteiger partial charge in [-0.3, -0.25) is 14.4 Å². The number of cyclic esters (lactones) is 1. The van der Waals surface area contributed by atoms with Gasteiger partial charge in [0.1, 0.15) is 6.04 Å². The summed E-state index contributed by atoms with van der Waals surface area (Å²) < 4.78 is 3.86. The number of nitrogens with zero attached hydrogens (tertiary/aromatic N) is 2. The number of para-hydroxylation sites is 1. The second-order valence-corrected chi connectivity index (χ2v) is 13.1. The number of aliphatic hydroxyl groups is 1. The van der Waals surface area contributed by atoms with E-state index in [1.807, 2.05) is 51.1 Å². The maximum absolute atomic E-state index is 14.5. The molecule has 2 amide bonds. The van der Waals surface area contributed by atoms with Crippen LogP contribution < -0.4 is 4.90 Å². The van der Waals surface area contributed by atoms with E-state index in [4.69, 9.17) is 16.3 Å². The number of carbonyl (C=O) groups is 3. The highest BCUT2D eigenvalue weighted by Gasteiger charge is 2.74. The summed E-state index contributed by atoms with van der Waals surface area (Å²) in [4.78, 5) is 45.5. The van der Waals surface area contributed by atoms with Gasteiger partial charge in [0.15, 0.2) is 0 Å². The van der Waals surface area contributed by atoms with Crippen LogP contribution in [0.1, 0.15) is 33.6 Å². The Bertz CT molecular complexity index is 1170. The van der Waals surface area contributed by atoms with Gasteiger partial charge in [-0.25, -0.2) is 0 Å². The van der Waals surface area contributed by atoms with Crippen LogP contribution in [-0.2, 0) is 19.1 Å². The Hall–Kier alpha value is -2.29. The average molecular weight is 545 g/mol. The lowest BCUT2D eigenvalue weighted by Crippen LogP contribution is -2.57. The van der Waals surface area contributed by atoms with E-state index < -0.39 is 39.4 Å². The van der Waals surface area contributed by atoms with E-state index in [0.717, 1.165) is 0 Å². The second-order valence-electron chi connectivity index (χ2n) is 10.9. The minimum absolute atomic E-state index is 0.185. The number of likely N-dealkylation sites (tertiary alicyclic amines) is 1. The summed E-state index contributed by atoms with van der Waals surface area (Å²) in [5, 5.41) is 10.9. The van der Waals surface area contributed by atoms with Gasteiger partial charge in [0.05, 0.1) is 46.5 Å². The molecule has 198 valence electrons. The third-order valence-electron chi connectivity index (χ3n) is 7.95. The van der Waals surface area contributed by atoms with Gasteiger partial charge in [0.25, 0.3) is 5.91 Å². The molecule has 6 atom stereocenters. The van der Waals surface area contributed by atoms with Crippen molar-refractivity contribution in [1.29, 1.82) is 0 Å². The third kappa shape index (κ3) is 4.12. The van der Waals surface area contributed by atoms with Crippen molar-refractivity contribution in [2.45, 2.75) is 55.2 Å². The van der Waals surface area contributed by atoms with Gasteiger partial charge in [-0.15, -0.1) is 11.8 Å². The summed E-state index contributed by atoms with van der Waals surface area (Å²) >= 11 is 8.01. The summed E-state index contributed by atoms with van der Waals surface area (Å²) in [7, 11) is 0. The van der Waals surface area contributed by atoms with Gasteiger partial charge >= 0.3 is 5.97 Å². The second kappa shape index (κ2) is 9.79. The number of ether oxygens (including phenoxy) is 1. The van der Waals surface area contributed by atoms with Crippen LogP contribution in [-0.4, -0.2) is 69.1 Å². The van der Waals surface area contributed by atoms with Crippen LogP contribution >= 0.6 is 23.4 Å². The lowest BCUT2D eigenvalue weighted by atomic mass is 9.74. The molecule has 0 aliphatic carbocycles. The van der Waals surface area contributed by atoms with Gasteiger partial charge in [-0.1, -0.05) is 61.9 Å². The highest BCUT2D eigenvalue weighted by molar-refractivity contribution is 8.02. The maximum atomic E-state index is 14.5. The quantitative estimate of drug-likeness (QED) is 0.448. The Morgan fingerprint density at radius 3 is 2.59 bits per heavy atom. The maximum Gasteiger partial charge on any atom is 0.311 e. The summed E-state index contributed by atoms with van der Waals surface area (Å²) in [6.07, 6.45) is 9.01. The first-order valence-corrected chi connectivity index (χ1v) is 14.0. The summed E-state index contributed by atoms with van der Waals surface area (Å²) in [5.41, 5.74) is 0.565. The van der Waals surface area contributed by atoms with Crippen molar-refractivity contribution in [3.63, 3.8) is 0 Å². The Balaban J connectivity index is 1.69. The fourth-order valence-electron chi connectivity index (χ4n) is 6.53. The largest absolute Gasteiger partial charge is 0.465 e. The zero-order chi connectivity index (χ0) is 26.5. The number of esters is 1. The number of anilines is 1. The van der Waals surface area contributed by atoms with Crippen LogP contribution in [0.4, 0.5) is 5.69 Å². The van der Waals surface area contributed by atoms with Crippen LogP contribution in [0.25, 0.3) is 0 Å². The number of halogens is 1. The minimum Gasteiger partial charge on any atom is -0.465 e. The minimum atomic E-state index is -0.998. The fraction of sp³-hybridized carbons (Fsp3) is 0.536. The molecule has 4 aliphatic rings. The van der Waals surface area contributed by atoms with E-state index in [1.165, 1.54) is 11.8 Å². The normalized spacial score (nSPS) is 34.0. The Morgan fingerprint density at radius 1 is 1.14 bits per heavy atom. The van der Waals surface area contributed by atoms with E-state index in [1.54, 1.807) is 28.0 Å². The van der Waals surface area contributed by atoms with Crippen molar-refractivity contribution in [3.05, 3.63) is 53.6 Å². The van der Waals surface area contributed by atoms with Crippen molar-refractivity contribution in [3.8, 4) is 0 Å². The number of amides is 2. The van der Waals surface area contributed by atoms with E-state index in [2.05, 4.69) is 0 Å². The number of hydrogen-bond donors (Lipinski definition) is 1. The monoisotopic (exact) mass is 544 g/mol. The Kier molecular flexibility index (Phi) is 6.96. The number of aliphatic hydroxyl groups excluding tert-OH is 1. The van der Waals surface area contributed by atoms with Gasteiger partial charge < -0.3 is 19.6 Å². The first-order valence-electron chi connectivity index (χ1n) is 12.9. The molecule has 0 saturated carbocycles. The summed E-state index contributed by atoms with van der Waals surface area (Å²) in [5.74, 6) is -2.32. The predicted molar refractivity (Wildman–Crippen MR) is 144 cm³/mol. The van der Waals surface area contributed by atoms with Crippen LogP contribution in [0.15, 0.2) is 48.6 Å². The molecule has 1 aromatic rings. The van der Waals surface area contributed by atoms with Crippen LogP contribution in [0.2, 0.25) is 5.02 Å². The van der Waals surface area contributed by atoms with Crippen LogP contribution in [0.5, 0.6) is 0 Å². The van der Waals surface area contributed by atoms with E-state index in [-0.39, 0.29) is 37.5 Å². The molecule has 9 heteroatoms. The molecule has 1 aromatic carbocycles. The summed E-state index contributed by atoms with van der Waals surface area (Å²) in [6.45, 7) is 6.27. The number of rotatable bonds is 5. The fourth-order valence-corrected chi connectivity index (χ4v) is 8.91. The number of benzene rings is 1. The molecule has 2 fully saturated rings. The molecule has 0 bridgehead atoms. The molecule has 2 saturated heterocycles. The SMILES string of the molecule is CC(C)C[C@H](CO)N1C(=O)[C@@H]2[C@H]3C(=O)OCCC=C[C@@]3(C)S[C@@]23C=CCN(c2ccccc2Cl)C(=O)C13. The van der Waals surface area contributed by atoms with E-state index in [9.17, 15) is 19.5 Å². The lowest BCUT2D eigenvalue weighted by molar-refractivity contribution is -0.154. The molecule has 0 radical (unpaired) electrons. The number of thioether (sulfide) groups is 1. The predicted octanol–water partition coefficient (Wildman–Crippen LogP) is 3.84. The molecular formula is C28H33ClN2O5S. The Morgan fingerprint density at radius 2 is 1.89 bits per heavy atom. The zero-order valence-corrected chi connectivity index (χ0v) is 22.9. The van der Waals surface area contributed by atoms with Gasteiger partial charge in [0, 0.05) is 11.3 Å². The average Bonchev–Trinajstić information content (AvgIpc) is 3.17. The number of hydrogen-bond acceptors (Lipinski definition) is 6. The molecule has 0 aromatic heterocycles. The number of fused-ring (bicyclic) bond motifs is 2. The molecule has 1 unspecified atom stereocenters. The standard InChI is InChI=1S/C28H33ClN2O5S/c1-17(2)15-18(16-32)31-23-25(34)30(20-10-5-4-9-19(20)29)13-8-12-28(23)21(24(31)33)22-26(35)36-14-7-6-11-27(22,3)37-28/h4-6,8-12,17-18,21-23,32H,7,13-16H2,1-3H3/t18-,21+,22+,23?,27-,28+/m1/s1. The highest BCUT2D eigenvalue weighted by Crippen LogP contribution is 2.65. The van der Waals surface area contributed by atoms with Gasteiger partial charge in [-0.05, 0) is 37.8 Å². The smallest absolute Gasteiger partial charge is 0.311 e. The highest BCUT2D eigenvalue weighted by atomic mass is 35.5. The van der Waals surface area contributed by atoms with Crippen molar-refractivity contribution in [2.75, 3.05) is 24.7 Å². The zero-order valence-electron chi connectivity index (χ0n) is 21.3. The molecule has 4 aliphatic heterocycles. The van der Waals surface area contributed by atoms with Crippen molar-refractivity contribution in [2.24, 2.45) is 17.8 Å². The molecule has 7 nitrogen and oxygen atoms in total. The molecular weight excluding hydrogens is 512 g/mol. The van der Waals surface area contributed by atoms with Gasteiger partial charge in [-0.2, -0.15) is 0 Å².